The Morgan fingerprint density at radius 2 is 1.09 bits per heavy atom. The van der Waals surface area contributed by atoms with Crippen molar-refractivity contribution in [1.29, 1.82) is 0 Å². The minimum absolute atomic E-state index is 0.850. The van der Waals surface area contributed by atoms with E-state index in [0.29, 0.717) is 0 Å². The second-order valence-electron chi connectivity index (χ2n) is 11.5. The van der Waals surface area contributed by atoms with E-state index in [0.717, 1.165) is 40.2 Å². The van der Waals surface area contributed by atoms with Crippen LogP contribution in [0.3, 0.4) is 0 Å². The van der Waals surface area contributed by atoms with Gasteiger partial charge in [0.05, 0.1) is 28.1 Å². The van der Waals surface area contributed by atoms with Gasteiger partial charge in [0.1, 0.15) is 5.82 Å². The number of aryl methyl sites for hydroxylation is 1. The maximum absolute atomic E-state index is 5.30. The van der Waals surface area contributed by atoms with Crippen LogP contribution >= 0.6 is 0 Å². The standard InChI is InChI=1S/C41H29N3/c1-2-39-42-40-35(22-23-38-41(40)44(39)37-15-9-8-14-36(37)43(38)34-12-4-3-5-13-34)33-21-20-31-25-30(18-19-32(31)26-33)29-17-16-27-10-6-7-11-28(27)24-29/h3-26H,2H2,1H3. The number of nitrogens with zero attached hydrogens (tertiary/aromatic N) is 3. The lowest BCUT2D eigenvalue weighted by atomic mass is 9.95. The lowest BCUT2D eigenvalue weighted by molar-refractivity contribution is 0.900. The van der Waals surface area contributed by atoms with Crippen molar-refractivity contribution < 1.29 is 0 Å². The summed E-state index contributed by atoms with van der Waals surface area (Å²) in [4.78, 5) is 7.67. The van der Waals surface area contributed by atoms with Gasteiger partial charge in [0.25, 0.3) is 0 Å². The minimum Gasteiger partial charge on any atom is -0.306 e. The molecule has 44 heavy (non-hydrogen) atoms. The summed E-state index contributed by atoms with van der Waals surface area (Å²) in [5.41, 5.74) is 11.6. The molecule has 0 saturated heterocycles. The van der Waals surface area contributed by atoms with Crippen molar-refractivity contribution in [3.63, 3.8) is 0 Å². The van der Waals surface area contributed by atoms with E-state index in [2.05, 4.69) is 162 Å². The summed E-state index contributed by atoms with van der Waals surface area (Å²) in [6, 6.07) is 52.7. The molecule has 0 spiro atoms. The molecule has 0 aliphatic carbocycles. The third kappa shape index (κ3) is 3.73. The van der Waals surface area contributed by atoms with E-state index in [1.807, 2.05) is 0 Å². The van der Waals surface area contributed by atoms with Gasteiger partial charge >= 0.3 is 0 Å². The van der Waals surface area contributed by atoms with Crippen LogP contribution in [0.4, 0.5) is 17.1 Å². The molecule has 208 valence electrons. The molecule has 0 N–H and O–H groups in total. The molecule has 9 rings (SSSR count). The fraction of sp³-hybridized carbons (Fsp3) is 0.0488. The molecule has 0 fully saturated rings. The van der Waals surface area contributed by atoms with Crippen LogP contribution in [0.2, 0.25) is 0 Å². The topological polar surface area (TPSA) is 21.1 Å². The molecular weight excluding hydrogens is 534 g/mol. The van der Waals surface area contributed by atoms with Crippen molar-refractivity contribution in [3.05, 3.63) is 151 Å². The van der Waals surface area contributed by atoms with E-state index in [-0.39, 0.29) is 0 Å². The van der Waals surface area contributed by atoms with Crippen molar-refractivity contribution >= 4 is 49.6 Å². The summed E-state index contributed by atoms with van der Waals surface area (Å²) in [5.74, 6) is 1.08. The van der Waals surface area contributed by atoms with Crippen LogP contribution in [0.15, 0.2) is 146 Å². The third-order valence-corrected chi connectivity index (χ3v) is 9.02. The Bertz CT molecular complexity index is 2380. The summed E-state index contributed by atoms with van der Waals surface area (Å²) < 4.78 is 2.37. The van der Waals surface area contributed by atoms with Crippen molar-refractivity contribution in [2.75, 3.05) is 4.90 Å². The zero-order chi connectivity index (χ0) is 29.2. The van der Waals surface area contributed by atoms with Crippen LogP contribution in [0.25, 0.3) is 60.5 Å². The predicted octanol–water partition coefficient (Wildman–Crippen LogP) is 11.0. The molecule has 3 nitrogen and oxygen atoms in total. The van der Waals surface area contributed by atoms with Crippen molar-refractivity contribution in [2.24, 2.45) is 0 Å². The second-order valence-corrected chi connectivity index (χ2v) is 11.5. The fourth-order valence-corrected chi connectivity index (χ4v) is 6.91. The van der Waals surface area contributed by atoms with E-state index in [4.69, 9.17) is 4.98 Å². The van der Waals surface area contributed by atoms with Crippen molar-refractivity contribution in [1.82, 2.24) is 9.55 Å². The van der Waals surface area contributed by atoms with Crippen LogP contribution in [-0.4, -0.2) is 9.55 Å². The largest absolute Gasteiger partial charge is 0.306 e. The van der Waals surface area contributed by atoms with Gasteiger partial charge in [-0.1, -0.05) is 97.9 Å². The molecule has 7 aromatic carbocycles. The third-order valence-electron chi connectivity index (χ3n) is 9.02. The molecule has 0 radical (unpaired) electrons. The number of benzene rings is 7. The molecule has 0 bridgehead atoms. The van der Waals surface area contributed by atoms with Crippen molar-refractivity contribution in [2.45, 2.75) is 13.3 Å². The average Bonchev–Trinajstić information content (AvgIpc) is 3.49. The highest BCUT2D eigenvalue weighted by Gasteiger charge is 2.29. The quantitative estimate of drug-likeness (QED) is 0.212. The maximum atomic E-state index is 5.30. The molecule has 1 aliphatic rings. The first-order valence-electron chi connectivity index (χ1n) is 15.3. The smallest absolute Gasteiger partial charge is 0.114 e. The molecule has 0 unspecified atom stereocenters. The summed E-state index contributed by atoms with van der Waals surface area (Å²) in [6.45, 7) is 2.19. The summed E-state index contributed by atoms with van der Waals surface area (Å²) in [5, 5.41) is 4.99. The summed E-state index contributed by atoms with van der Waals surface area (Å²) in [6.07, 6.45) is 0.850. The molecule has 0 amide bonds. The van der Waals surface area contributed by atoms with E-state index < -0.39 is 0 Å². The van der Waals surface area contributed by atoms with Crippen LogP contribution in [0.5, 0.6) is 0 Å². The monoisotopic (exact) mass is 563 g/mol. The fourth-order valence-electron chi connectivity index (χ4n) is 6.91. The Morgan fingerprint density at radius 1 is 0.500 bits per heavy atom. The number of fused-ring (bicyclic) bond motifs is 4. The van der Waals surface area contributed by atoms with E-state index in [9.17, 15) is 0 Å². The van der Waals surface area contributed by atoms with Crippen LogP contribution in [0, 0.1) is 0 Å². The van der Waals surface area contributed by atoms with Gasteiger partial charge in [0, 0.05) is 17.7 Å². The van der Waals surface area contributed by atoms with Gasteiger partial charge in [-0.05, 0) is 92.8 Å². The molecule has 3 heteroatoms. The van der Waals surface area contributed by atoms with Gasteiger partial charge in [0.2, 0.25) is 0 Å². The Morgan fingerprint density at radius 3 is 1.84 bits per heavy atom. The second kappa shape index (κ2) is 9.68. The Labute approximate surface area is 256 Å². The Hall–Kier alpha value is -5.67. The van der Waals surface area contributed by atoms with Crippen LogP contribution < -0.4 is 4.90 Å². The highest BCUT2D eigenvalue weighted by Crippen LogP contribution is 2.49. The lowest BCUT2D eigenvalue weighted by Crippen LogP contribution is -2.19. The normalized spacial score (nSPS) is 12.2. The molecule has 2 heterocycles. The van der Waals surface area contributed by atoms with Gasteiger partial charge in [-0.3, -0.25) is 4.57 Å². The molecular formula is C41H29N3. The summed E-state index contributed by atoms with van der Waals surface area (Å²) >= 11 is 0. The number of para-hydroxylation sites is 3. The minimum atomic E-state index is 0.850. The number of aromatic nitrogens is 2. The predicted molar refractivity (Wildman–Crippen MR) is 185 cm³/mol. The maximum Gasteiger partial charge on any atom is 0.114 e. The highest BCUT2D eigenvalue weighted by atomic mass is 15.2. The van der Waals surface area contributed by atoms with E-state index in [1.165, 1.54) is 49.6 Å². The van der Waals surface area contributed by atoms with Gasteiger partial charge < -0.3 is 4.90 Å². The SMILES string of the molecule is CCc1nc2c(-c3ccc4cc(-c5ccc6ccccc6c5)ccc4c3)ccc3c2n1-c1ccccc1N3c1ccccc1. The zero-order valence-corrected chi connectivity index (χ0v) is 24.4. The van der Waals surface area contributed by atoms with Gasteiger partial charge in [-0.15, -0.1) is 0 Å². The molecule has 0 atom stereocenters. The zero-order valence-electron chi connectivity index (χ0n) is 24.4. The highest BCUT2D eigenvalue weighted by molar-refractivity contribution is 6.07. The number of rotatable bonds is 4. The molecule has 1 aromatic heterocycles. The number of anilines is 3. The average molecular weight is 564 g/mol. The number of hydrogen-bond donors (Lipinski definition) is 0. The number of imidazole rings is 1. The van der Waals surface area contributed by atoms with Gasteiger partial charge in [0.15, 0.2) is 0 Å². The van der Waals surface area contributed by atoms with Crippen LogP contribution in [0.1, 0.15) is 12.7 Å². The number of hydrogen-bond acceptors (Lipinski definition) is 2. The van der Waals surface area contributed by atoms with Gasteiger partial charge in [-0.25, -0.2) is 4.98 Å². The van der Waals surface area contributed by atoms with Crippen molar-refractivity contribution in [3.8, 4) is 27.9 Å². The van der Waals surface area contributed by atoms with Gasteiger partial charge in [-0.2, -0.15) is 0 Å². The lowest BCUT2D eigenvalue weighted by Gasteiger charge is -2.33. The van der Waals surface area contributed by atoms with Crippen LogP contribution in [-0.2, 0) is 6.42 Å². The molecule has 0 saturated carbocycles. The first kappa shape index (κ1) is 24.9. The molecule has 8 aromatic rings. The first-order chi connectivity index (χ1) is 21.8. The van der Waals surface area contributed by atoms with E-state index in [1.54, 1.807) is 0 Å². The molecule has 1 aliphatic heterocycles. The summed E-state index contributed by atoms with van der Waals surface area (Å²) in [7, 11) is 0. The van der Waals surface area contributed by atoms with E-state index >= 15 is 0 Å². The first-order valence-corrected chi connectivity index (χ1v) is 15.3. The Kier molecular flexibility index (Phi) is 5.48. The Balaban J connectivity index is 1.20.